The number of nitrogens with one attached hydrogen (secondary N) is 1. The number of thiophene rings is 1. The highest BCUT2D eigenvalue weighted by Gasteiger charge is 2.21. The second-order valence-electron chi connectivity index (χ2n) is 3.77. The molecule has 20 heavy (non-hydrogen) atoms. The Labute approximate surface area is 126 Å². The first-order chi connectivity index (χ1) is 9.31. The van der Waals surface area contributed by atoms with E-state index < -0.39 is 21.7 Å². The van der Waals surface area contributed by atoms with Crippen molar-refractivity contribution in [3.05, 3.63) is 44.6 Å². The fourth-order valence-corrected chi connectivity index (χ4v) is 5.07. The van der Waals surface area contributed by atoms with Crippen LogP contribution >= 0.6 is 27.3 Å². The molecule has 0 radical (unpaired) electrons. The average Bonchev–Trinajstić information content (AvgIpc) is 2.69. The van der Waals surface area contributed by atoms with E-state index in [1.54, 1.807) is 0 Å². The van der Waals surface area contributed by atoms with Crippen LogP contribution in [0.2, 0.25) is 0 Å². The number of anilines is 1. The average molecular weight is 384 g/mol. The zero-order valence-electron chi connectivity index (χ0n) is 9.73. The maximum absolute atomic E-state index is 13.0. The Morgan fingerprint density at radius 1 is 1.20 bits per heavy atom. The monoisotopic (exact) mass is 383 g/mol. The molecule has 0 aliphatic heterocycles. The zero-order chi connectivity index (χ0) is 14.9. The zero-order valence-corrected chi connectivity index (χ0v) is 12.9. The molecule has 0 saturated heterocycles. The Kier molecular flexibility index (Phi) is 4.43. The Balaban J connectivity index is 2.37. The van der Waals surface area contributed by atoms with Gasteiger partial charge in [0.15, 0.2) is 0 Å². The standard InChI is InChI=1S/C11H8BrF2NO3S2/c12-11-10(4-9(5-16)19-11)20(17,18)15-8-2-6(13)1-7(14)3-8/h1-4,15-16H,5H2. The summed E-state index contributed by atoms with van der Waals surface area (Å²) < 4.78 is 52.7. The summed E-state index contributed by atoms with van der Waals surface area (Å²) in [5.74, 6) is -1.77. The summed E-state index contributed by atoms with van der Waals surface area (Å²) in [6.07, 6.45) is 0. The topological polar surface area (TPSA) is 66.4 Å². The predicted octanol–water partition coefficient (Wildman–Crippen LogP) is 3.08. The number of aliphatic hydroxyl groups excluding tert-OH is 1. The Hall–Kier alpha value is -1.03. The van der Waals surface area contributed by atoms with Crippen molar-refractivity contribution < 1.29 is 22.3 Å². The number of benzene rings is 1. The molecule has 0 saturated carbocycles. The lowest BCUT2D eigenvalue weighted by Gasteiger charge is -2.07. The molecule has 0 aliphatic rings. The SMILES string of the molecule is O=S(=O)(Nc1cc(F)cc(F)c1)c1cc(CO)sc1Br. The minimum absolute atomic E-state index is 0.101. The van der Waals surface area contributed by atoms with E-state index in [0.29, 0.717) is 14.7 Å². The first-order valence-corrected chi connectivity index (χ1v) is 8.29. The Bertz CT molecular complexity index is 726. The van der Waals surface area contributed by atoms with Gasteiger partial charge in [0.25, 0.3) is 10.0 Å². The molecule has 0 amide bonds. The summed E-state index contributed by atoms with van der Waals surface area (Å²) in [4.78, 5) is 0.346. The Morgan fingerprint density at radius 3 is 2.30 bits per heavy atom. The van der Waals surface area contributed by atoms with Crippen molar-refractivity contribution in [1.82, 2.24) is 0 Å². The number of sulfonamides is 1. The molecule has 4 nitrogen and oxygen atoms in total. The Morgan fingerprint density at radius 2 is 1.80 bits per heavy atom. The number of hydrogen-bond donors (Lipinski definition) is 2. The maximum Gasteiger partial charge on any atom is 0.263 e. The van der Waals surface area contributed by atoms with Gasteiger partial charge in [0, 0.05) is 10.9 Å². The molecule has 2 rings (SSSR count). The van der Waals surface area contributed by atoms with Crippen LogP contribution < -0.4 is 4.72 Å². The molecule has 1 aromatic carbocycles. The first kappa shape index (κ1) is 15.4. The van der Waals surface area contributed by atoms with E-state index in [0.717, 1.165) is 23.5 Å². The summed E-state index contributed by atoms with van der Waals surface area (Å²) in [6.45, 7) is -0.298. The van der Waals surface area contributed by atoms with Crippen LogP contribution in [0.5, 0.6) is 0 Å². The molecule has 2 N–H and O–H groups in total. The molecule has 1 heterocycles. The van der Waals surface area contributed by atoms with Gasteiger partial charge >= 0.3 is 0 Å². The highest BCUT2D eigenvalue weighted by Crippen LogP contribution is 2.32. The van der Waals surface area contributed by atoms with Crippen LogP contribution in [0.1, 0.15) is 4.88 Å². The van der Waals surface area contributed by atoms with Crippen LogP contribution in [-0.4, -0.2) is 13.5 Å². The van der Waals surface area contributed by atoms with E-state index in [9.17, 15) is 17.2 Å². The summed E-state index contributed by atoms with van der Waals surface area (Å²) in [5.41, 5.74) is -0.217. The van der Waals surface area contributed by atoms with E-state index in [-0.39, 0.29) is 17.2 Å². The van der Waals surface area contributed by atoms with Crippen LogP contribution in [0, 0.1) is 11.6 Å². The van der Waals surface area contributed by atoms with Crippen LogP contribution in [0.15, 0.2) is 32.9 Å². The van der Waals surface area contributed by atoms with Gasteiger partial charge in [-0.3, -0.25) is 4.72 Å². The van der Waals surface area contributed by atoms with Gasteiger partial charge in [0.2, 0.25) is 0 Å². The van der Waals surface area contributed by atoms with Gasteiger partial charge in [0.1, 0.15) is 16.5 Å². The summed E-state index contributed by atoms with van der Waals surface area (Å²) in [5, 5.41) is 8.98. The van der Waals surface area contributed by atoms with E-state index in [1.165, 1.54) is 6.07 Å². The third kappa shape index (κ3) is 3.35. The third-order valence-corrected chi connectivity index (χ3v) is 5.88. The van der Waals surface area contributed by atoms with Gasteiger partial charge in [-0.25, -0.2) is 17.2 Å². The van der Waals surface area contributed by atoms with Gasteiger partial charge in [-0.15, -0.1) is 11.3 Å². The molecule has 1 aromatic heterocycles. The van der Waals surface area contributed by atoms with Crippen molar-refractivity contribution in [2.24, 2.45) is 0 Å². The molecule has 0 spiro atoms. The second kappa shape index (κ2) is 5.76. The van der Waals surface area contributed by atoms with Gasteiger partial charge in [-0.1, -0.05) is 0 Å². The van der Waals surface area contributed by atoms with Crippen LogP contribution in [-0.2, 0) is 16.6 Å². The number of hydrogen-bond acceptors (Lipinski definition) is 4. The van der Waals surface area contributed by atoms with Crippen molar-refractivity contribution in [3.8, 4) is 0 Å². The van der Waals surface area contributed by atoms with Gasteiger partial charge in [-0.2, -0.15) is 0 Å². The van der Waals surface area contributed by atoms with Crippen molar-refractivity contribution in [3.63, 3.8) is 0 Å². The minimum Gasteiger partial charge on any atom is -0.391 e. The smallest absolute Gasteiger partial charge is 0.263 e. The first-order valence-electron chi connectivity index (χ1n) is 5.20. The van der Waals surface area contributed by atoms with E-state index >= 15 is 0 Å². The molecule has 0 atom stereocenters. The molecule has 2 aromatic rings. The molecule has 0 unspecified atom stereocenters. The predicted molar refractivity (Wildman–Crippen MR) is 75.1 cm³/mol. The lowest BCUT2D eigenvalue weighted by Crippen LogP contribution is -2.13. The summed E-state index contributed by atoms with van der Waals surface area (Å²) in [7, 11) is -4.00. The largest absolute Gasteiger partial charge is 0.391 e. The third-order valence-electron chi connectivity index (χ3n) is 2.27. The molecule has 108 valence electrons. The van der Waals surface area contributed by atoms with Crippen molar-refractivity contribution >= 4 is 43.0 Å². The molecule has 9 heteroatoms. The van der Waals surface area contributed by atoms with Crippen molar-refractivity contribution in [2.75, 3.05) is 4.72 Å². The molecular formula is C11H8BrF2NO3S2. The fraction of sp³-hybridized carbons (Fsp3) is 0.0909. The molecular weight excluding hydrogens is 376 g/mol. The molecule has 0 aliphatic carbocycles. The summed E-state index contributed by atoms with van der Waals surface area (Å²) >= 11 is 4.13. The number of rotatable bonds is 4. The van der Waals surface area contributed by atoms with Gasteiger partial charge in [-0.05, 0) is 34.1 Å². The highest BCUT2D eigenvalue weighted by molar-refractivity contribution is 9.11. The highest BCUT2D eigenvalue weighted by atomic mass is 79.9. The van der Waals surface area contributed by atoms with Crippen molar-refractivity contribution in [1.29, 1.82) is 0 Å². The minimum atomic E-state index is -4.00. The van der Waals surface area contributed by atoms with Crippen LogP contribution in [0.3, 0.4) is 0 Å². The van der Waals surface area contributed by atoms with Gasteiger partial charge in [0.05, 0.1) is 16.1 Å². The van der Waals surface area contributed by atoms with Gasteiger partial charge < -0.3 is 5.11 Å². The number of aliphatic hydroxyl groups is 1. The fourth-order valence-electron chi connectivity index (χ4n) is 1.48. The maximum atomic E-state index is 13.0. The van der Waals surface area contributed by atoms with Crippen molar-refractivity contribution in [2.45, 2.75) is 11.5 Å². The lowest BCUT2D eigenvalue weighted by molar-refractivity contribution is 0.285. The van der Waals surface area contributed by atoms with Crippen LogP contribution in [0.25, 0.3) is 0 Å². The second-order valence-corrected chi connectivity index (χ2v) is 7.88. The van der Waals surface area contributed by atoms with E-state index in [2.05, 4.69) is 20.7 Å². The van der Waals surface area contributed by atoms with E-state index in [1.807, 2.05) is 0 Å². The quantitative estimate of drug-likeness (QED) is 0.852. The van der Waals surface area contributed by atoms with Crippen LogP contribution in [0.4, 0.5) is 14.5 Å². The summed E-state index contributed by atoms with van der Waals surface area (Å²) in [6, 6.07) is 3.66. The van der Waals surface area contributed by atoms with E-state index in [4.69, 9.17) is 5.11 Å². The molecule has 0 fully saturated rings. The number of halogens is 3. The lowest BCUT2D eigenvalue weighted by atomic mass is 10.3. The molecule has 0 bridgehead atoms. The normalized spacial score (nSPS) is 11.6.